The van der Waals surface area contributed by atoms with E-state index in [-0.39, 0.29) is 11.9 Å². The first kappa shape index (κ1) is 12.9. The van der Waals surface area contributed by atoms with Crippen LogP contribution < -0.4 is 5.32 Å². The minimum Gasteiger partial charge on any atom is -0.307 e. The number of nitrogens with one attached hydrogen (secondary N) is 1. The van der Waals surface area contributed by atoms with Crippen molar-refractivity contribution in [2.24, 2.45) is 17.8 Å². The average molecular weight is 259 g/mol. The van der Waals surface area contributed by atoms with Crippen LogP contribution in [0.15, 0.2) is 36.4 Å². The first-order valence-electron chi connectivity index (χ1n) is 7.33. The van der Waals surface area contributed by atoms with Gasteiger partial charge in [-0.15, -0.1) is 0 Å². The zero-order valence-corrected chi connectivity index (χ0v) is 11.6. The van der Waals surface area contributed by atoms with Crippen LogP contribution in [0.3, 0.4) is 0 Å². The summed E-state index contributed by atoms with van der Waals surface area (Å²) in [7, 11) is 0. The van der Waals surface area contributed by atoms with Crippen molar-refractivity contribution in [1.82, 2.24) is 5.32 Å². The van der Waals surface area contributed by atoms with Crippen LogP contribution in [0.25, 0.3) is 0 Å². The molecular weight excluding hydrogens is 237 g/mol. The number of hydrogen-bond donors (Lipinski definition) is 1. The quantitative estimate of drug-likeness (QED) is 0.803. The third kappa shape index (κ3) is 2.59. The minimum absolute atomic E-state index is 0.151. The van der Waals surface area contributed by atoms with Crippen molar-refractivity contribution >= 4 is 0 Å². The third-order valence-corrected chi connectivity index (χ3v) is 4.83. The van der Waals surface area contributed by atoms with Crippen molar-refractivity contribution in [3.8, 4) is 0 Å². The molecule has 1 fully saturated rings. The Morgan fingerprint density at radius 1 is 1.21 bits per heavy atom. The standard InChI is InChI=1S/C17H22FN/c1-11(14-4-3-5-16(18)10-14)19-12(2)17-9-13-6-7-15(17)8-13/h3-7,10-13,15,17,19H,8-9H2,1-2H3/t11-,12?,13?,15?,17?/m1/s1. The Hall–Kier alpha value is -1.15. The van der Waals surface area contributed by atoms with E-state index < -0.39 is 0 Å². The number of fused-ring (bicyclic) bond motifs is 2. The van der Waals surface area contributed by atoms with Crippen LogP contribution in [0.2, 0.25) is 0 Å². The number of benzene rings is 1. The second-order valence-corrected chi connectivity index (χ2v) is 6.18. The highest BCUT2D eigenvalue weighted by atomic mass is 19.1. The SMILES string of the molecule is CC(N[C@H](C)c1cccc(F)c1)C1CC2C=CC1C2. The molecule has 2 heteroatoms. The molecule has 0 aliphatic heterocycles. The summed E-state index contributed by atoms with van der Waals surface area (Å²) >= 11 is 0. The second kappa shape index (κ2) is 5.09. The molecule has 2 aliphatic carbocycles. The van der Waals surface area contributed by atoms with E-state index in [4.69, 9.17) is 0 Å². The molecule has 0 radical (unpaired) electrons. The third-order valence-electron chi connectivity index (χ3n) is 4.83. The molecule has 0 heterocycles. The van der Waals surface area contributed by atoms with Crippen LogP contribution in [0.1, 0.15) is 38.3 Å². The van der Waals surface area contributed by atoms with Crippen LogP contribution in [0.5, 0.6) is 0 Å². The zero-order valence-electron chi connectivity index (χ0n) is 11.6. The van der Waals surface area contributed by atoms with Gasteiger partial charge < -0.3 is 5.32 Å². The van der Waals surface area contributed by atoms with Gasteiger partial charge in [0, 0.05) is 12.1 Å². The summed E-state index contributed by atoms with van der Waals surface area (Å²) in [5.74, 6) is 2.16. The number of rotatable bonds is 4. The molecule has 102 valence electrons. The Labute approximate surface area is 114 Å². The molecule has 1 aromatic carbocycles. The molecule has 0 saturated heterocycles. The summed E-state index contributed by atoms with van der Waals surface area (Å²) in [5, 5.41) is 3.65. The first-order valence-corrected chi connectivity index (χ1v) is 7.33. The molecule has 4 unspecified atom stereocenters. The molecule has 1 saturated carbocycles. The zero-order chi connectivity index (χ0) is 13.4. The minimum atomic E-state index is -0.151. The Balaban J connectivity index is 1.63. The van der Waals surface area contributed by atoms with Crippen LogP contribution in [-0.2, 0) is 0 Å². The van der Waals surface area contributed by atoms with E-state index >= 15 is 0 Å². The summed E-state index contributed by atoms with van der Waals surface area (Å²) in [6.45, 7) is 4.39. The lowest BCUT2D eigenvalue weighted by Crippen LogP contribution is -2.37. The fourth-order valence-electron chi connectivity index (χ4n) is 3.79. The molecule has 5 atom stereocenters. The Kier molecular flexibility index (Phi) is 3.44. The normalized spacial score (nSPS) is 31.6. The van der Waals surface area contributed by atoms with Gasteiger partial charge in [-0.05, 0) is 62.1 Å². The maximum Gasteiger partial charge on any atom is 0.123 e. The highest BCUT2D eigenvalue weighted by Gasteiger charge is 2.38. The van der Waals surface area contributed by atoms with Gasteiger partial charge in [0.2, 0.25) is 0 Å². The van der Waals surface area contributed by atoms with Gasteiger partial charge in [-0.1, -0.05) is 24.3 Å². The molecule has 3 rings (SSSR count). The van der Waals surface area contributed by atoms with Crippen LogP contribution in [0, 0.1) is 23.6 Å². The number of allylic oxidation sites excluding steroid dienone is 2. The highest BCUT2D eigenvalue weighted by molar-refractivity contribution is 5.20. The fraction of sp³-hybridized carbons (Fsp3) is 0.529. The van der Waals surface area contributed by atoms with Crippen LogP contribution in [0.4, 0.5) is 4.39 Å². The molecule has 1 aromatic rings. The van der Waals surface area contributed by atoms with E-state index in [1.54, 1.807) is 12.1 Å². The Morgan fingerprint density at radius 3 is 2.68 bits per heavy atom. The van der Waals surface area contributed by atoms with Gasteiger partial charge in [-0.3, -0.25) is 0 Å². The highest BCUT2D eigenvalue weighted by Crippen LogP contribution is 2.45. The van der Waals surface area contributed by atoms with Gasteiger partial charge in [0.05, 0.1) is 0 Å². The molecule has 1 N–H and O–H groups in total. The van der Waals surface area contributed by atoms with E-state index in [0.29, 0.717) is 6.04 Å². The number of hydrogen-bond acceptors (Lipinski definition) is 1. The molecule has 0 amide bonds. The van der Waals surface area contributed by atoms with Gasteiger partial charge in [0.1, 0.15) is 5.82 Å². The van der Waals surface area contributed by atoms with E-state index in [1.807, 2.05) is 6.07 Å². The molecule has 19 heavy (non-hydrogen) atoms. The average Bonchev–Trinajstić information content (AvgIpc) is 3.00. The lowest BCUT2D eigenvalue weighted by atomic mass is 9.87. The predicted molar refractivity (Wildman–Crippen MR) is 76.3 cm³/mol. The second-order valence-electron chi connectivity index (χ2n) is 6.18. The van der Waals surface area contributed by atoms with E-state index in [0.717, 1.165) is 23.3 Å². The summed E-state index contributed by atoms with van der Waals surface area (Å²) in [6.07, 6.45) is 7.42. The van der Waals surface area contributed by atoms with E-state index in [2.05, 4.69) is 31.3 Å². The van der Waals surface area contributed by atoms with E-state index in [1.165, 1.54) is 18.9 Å². The Morgan fingerprint density at radius 2 is 2.05 bits per heavy atom. The lowest BCUT2D eigenvalue weighted by molar-refractivity contribution is 0.307. The van der Waals surface area contributed by atoms with Crippen molar-refractivity contribution < 1.29 is 4.39 Å². The van der Waals surface area contributed by atoms with Gasteiger partial charge in [0.25, 0.3) is 0 Å². The summed E-state index contributed by atoms with van der Waals surface area (Å²) in [6, 6.07) is 7.60. The molecular formula is C17H22FN. The fourth-order valence-corrected chi connectivity index (χ4v) is 3.79. The maximum atomic E-state index is 13.3. The van der Waals surface area contributed by atoms with Crippen LogP contribution >= 0.6 is 0 Å². The van der Waals surface area contributed by atoms with E-state index in [9.17, 15) is 4.39 Å². The van der Waals surface area contributed by atoms with Crippen molar-refractivity contribution in [2.45, 2.75) is 38.8 Å². The van der Waals surface area contributed by atoms with Gasteiger partial charge in [-0.25, -0.2) is 4.39 Å². The molecule has 0 aromatic heterocycles. The molecule has 2 aliphatic rings. The number of halogens is 1. The summed E-state index contributed by atoms with van der Waals surface area (Å²) in [4.78, 5) is 0. The topological polar surface area (TPSA) is 12.0 Å². The van der Waals surface area contributed by atoms with Gasteiger partial charge in [-0.2, -0.15) is 0 Å². The Bertz CT molecular complexity index is 482. The molecule has 2 bridgehead atoms. The van der Waals surface area contributed by atoms with Gasteiger partial charge in [0.15, 0.2) is 0 Å². The summed E-state index contributed by atoms with van der Waals surface area (Å²) < 4.78 is 13.3. The van der Waals surface area contributed by atoms with Crippen molar-refractivity contribution in [1.29, 1.82) is 0 Å². The molecule has 0 spiro atoms. The smallest absolute Gasteiger partial charge is 0.123 e. The van der Waals surface area contributed by atoms with Crippen LogP contribution in [-0.4, -0.2) is 6.04 Å². The lowest BCUT2D eigenvalue weighted by Gasteiger charge is -2.29. The van der Waals surface area contributed by atoms with Gasteiger partial charge >= 0.3 is 0 Å². The maximum absolute atomic E-state index is 13.3. The monoisotopic (exact) mass is 259 g/mol. The predicted octanol–water partition coefficient (Wildman–Crippen LogP) is 4.08. The molecule has 1 nitrogen and oxygen atoms in total. The van der Waals surface area contributed by atoms with Crippen molar-refractivity contribution in [2.75, 3.05) is 0 Å². The summed E-state index contributed by atoms with van der Waals surface area (Å²) in [5.41, 5.74) is 1.03. The first-order chi connectivity index (χ1) is 9.13. The van der Waals surface area contributed by atoms with Crippen molar-refractivity contribution in [3.63, 3.8) is 0 Å². The largest absolute Gasteiger partial charge is 0.307 e. The van der Waals surface area contributed by atoms with Crippen molar-refractivity contribution in [3.05, 3.63) is 47.8 Å².